The van der Waals surface area contributed by atoms with Gasteiger partial charge in [0.1, 0.15) is 11.3 Å². The van der Waals surface area contributed by atoms with E-state index < -0.39 is 0 Å². The third-order valence-corrected chi connectivity index (χ3v) is 5.81. The van der Waals surface area contributed by atoms with Gasteiger partial charge in [-0.25, -0.2) is 4.98 Å². The summed E-state index contributed by atoms with van der Waals surface area (Å²) >= 11 is 0. The number of pyridine rings is 1. The lowest BCUT2D eigenvalue weighted by Gasteiger charge is -2.35. The predicted octanol–water partition coefficient (Wildman–Crippen LogP) is 2.86. The number of ether oxygens (including phenoxy) is 1. The monoisotopic (exact) mass is 446 g/mol. The van der Waals surface area contributed by atoms with Crippen LogP contribution >= 0.6 is 0 Å². The maximum atomic E-state index is 13.0. The molecular formula is C23H22N6O4. The Balaban J connectivity index is 1.38. The van der Waals surface area contributed by atoms with Gasteiger partial charge in [-0.1, -0.05) is 17.3 Å². The van der Waals surface area contributed by atoms with Crippen molar-refractivity contribution >= 4 is 29.2 Å². The molecule has 5 rings (SSSR count). The molecule has 1 N–H and O–H groups in total. The highest BCUT2D eigenvalue weighted by Crippen LogP contribution is 2.31. The third-order valence-electron chi connectivity index (χ3n) is 5.81. The fourth-order valence-corrected chi connectivity index (χ4v) is 3.92. The summed E-state index contributed by atoms with van der Waals surface area (Å²) in [6.07, 6.45) is 3.35. The molecule has 1 amide bonds. The lowest BCUT2D eigenvalue weighted by atomic mass is 10.0. The Morgan fingerprint density at radius 3 is 2.79 bits per heavy atom. The third kappa shape index (κ3) is 3.69. The van der Waals surface area contributed by atoms with Gasteiger partial charge in [-0.2, -0.15) is 4.98 Å². The molecule has 0 saturated carbocycles. The van der Waals surface area contributed by atoms with Crippen LogP contribution in [0.4, 0.5) is 11.7 Å². The molecule has 0 atom stereocenters. The number of carbonyl (C=O) groups is 2. The maximum Gasteiger partial charge on any atom is 0.324 e. The molecule has 33 heavy (non-hydrogen) atoms. The van der Waals surface area contributed by atoms with Gasteiger partial charge in [0.15, 0.2) is 0 Å². The number of nitrogens with one attached hydrogen (secondary N) is 1. The first-order valence-corrected chi connectivity index (χ1v) is 10.5. The Bertz CT molecular complexity index is 1370. The number of methoxy groups -OCH3 is 1. The summed E-state index contributed by atoms with van der Waals surface area (Å²) in [6.45, 7) is 4.82. The molecular weight excluding hydrogens is 424 g/mol. The first-order valence-electron chi connectivity index (χ1n) is 10.5. The van der Waals surface area contributed by atoms with Crippen LogP contribution < -0.4 is 10.2 Å². The summed E-state index contributed by atoms with van der Waals surface area (Å²) in [5, 5.41) is 7.08. The lowest BCUT2D eigenvalue weighted by molar-refractivity contribution is -0.146. The Kier molecular flexibility index (Phi) is 5.04. The number of carbonyl (C=O) groups excluding carboxylic acids is 2. The molecule has 0 spiro atoms. The fraction of sp³-hybridized carbons (Fsp3) is 0.261. The van der Waals surface area contributed by atoms with Crippen molar-refractivity contribution < 1.29 is 18.8 Å². The largest absolute Gasteiger partial charge is 0.469 e. The van der Waals surface area contributed by atoms with E-state index >= 15 is 0 Å². The minimum absolute atomic E-state index is 0.187. The van der Waals surface area contributed by atoms with Crippen molar-refractivity contribution in [3.8, 4) is 11.4 Å². The van der Waals surface area contributed by atoms with Crippen LogP contribution in [-0.4, -0.2) is 51.6 Å². The number of hydrogen-bond donors (Lipinski definition) is 1. The van der Waals surface area contributed by atoms with Crippen molar-refractivity contribution in [3.63, 3.8) is 0 Å². The standard InChI is InChI=1S/C23H22N6O4/c1-13-8-14(2)17(25-21(30)18-10-24-19-6-4-5-7-29(18)19)9-16(13)20-26-23(33-27-20)28-11-15(12-28)22(31)32-3/h4-10,15H,11-12H2,1-3H3,(H,25,30). The highest BCUT2D eigenvalue weighted by atomic mass is 16.5. The Hall–Kier alpha value is -4.21. The van der Waals surface area contributed by atoms with Crippen molar-refractivity contribution in [2.75, 3.05) is 30.4 Å². The molecule has 0 unspecified atom stereocenters. The predicted molar refractivity (Wildman–Crippen MR) is 120 cm³/mol. The first kappa shape index (κ1) is 20.7. The summed E-state index contributed by atoms with van der Waals surface area (Å²) in [7, 11) is 1.38. The van der Waals surface area contributed by atoms with Crippen LogP contribution in [0, 0.1) is 19.8 Å². The van der Waals surface area contributed by atoms with Gasteiger partial charge in [0.05, 0.1) is 19.2 Å². The van der Waals surface area contributed by atoms with Crippen LogP contribution in [0.5, 0.6) is 0 Å². The molecule has 1 aromatic carbocycles. The van der Waals surface area contributed by atoms with E-state index in [2.05, 4.69) is 20.4 Å². The van der Waals surface area contributed by atoms with Crippen LogP contribution in [-0.2, 0) is 9.53 Å². The number of anilines is 2. The summed E-state index contributed by atoms with van der Waals surface area (Å²) in [4.78, 5) is 35.2. The molecule has 1 aliphatic rings. The van der Waals surface area contributed by atoms with Crippen molar-refractivity contribution in [3.05, 3.63) is 59.5 Å². The highest BCUT2D eigenvalue weighted by Gasteiger charge is 2.36. The van der Waals surface area contributed by atoms with Crippen molar-refractivity contribution in [1.29, 1.82) is 0 Å². The van der Waals surface area contributed by atoms with Gasteiger partial charge in [0.25, 0.3) is 5.91 Å². The molecule has 1 saturated heterocycles. The quantitative estimate of drug-likeness (QED) is 0.466. The van der Waals surface area contributed by atoms with E-state index in [4.69, 9.17) is 9.26 Å². The van der Waals surface area contributed by atoms with E-state index in [1.165, 1.54) is 7.11 Å². The second kappa shape index (κ2) is 8.05. The van der Waals surface area contributed by atoms with Crippen LogP contribution in [0.1, 0.15) is 21.6 Å². The molecule has 0 bridgehead atoms. The second-order valence-electron chi connectivity index (χ2n) is 8.03. The minimum atomic E-state index is -0.269. The smallest absolute Gasteiger partial charge is 0.324 e. The highest BCUT2D eigenvalue weighted by molar-refractivity contribution is 6.04. The molecule has 0 aliphatic carbocycles. The fourth-order valence-electron chi connectivity index (χ4n) is 3.92. The molecule has 4 heterocycles. The van der Waals surface area contributed by atoms with E-state index in [0.717, 1.165) is 16.7 Å². The normalized spacial score (nSPS) is 13.7. The number of esters is 1. The number of aromatic nitrogens is 4. The van der Waals surface area contributed by atoms with Crippen molar-refractivity contribution in [2.45, 2.75) is 13.8 Å². The zero-order valence-electron chi connectivity index (χ0n) is 18.4. The summed E-state index contributed by atoms with van der Waals surface area (Å²) in [6, 6.07) is 9.71. The Labute approximate surface area is 189 Å². The SMILES string of the molecule is COC(=O)C1CN(c2nc(-c3cc(NC(=O)c4cnc5ccccn45)c(C)cc3C)no2)C1. The van der Waals surface area contributed by atoms with E-state index in [1.807, 2.05) is 49.1 Å². The first-order chi connectivity index (χ1) is 15.9. The zero-order valence-corrected chi connectivity index (χ0v) is 18.4. The number of nitrogens with zero attached hydrogens (tertiary/aromatic N) is 5. The summed E-state index contributed by atoms with van der Waals surface area (Å²) in [5.41, 5.74) is 4.38. The summed E-state index contributed by atoms with van der Waals surface area (Å²) in [5.74, 6) is -0.288. The molecule has 10 heteroatoms. The van der Waals surface area contributed by atoms with Crippen LogP contribution in [0.15, 0.2) is 47.2 Å². The summed E-state index contributed by atoms with van der Waals surface area (Å²) < 4.78 is 11.9. The second-order valence-corrected chi connectivity index (χ2v) is 8.03. The maximum absolute atomic E-state index is 13.0. The number of imidazole rings is 1. The van der Waals surface area contributed by atoms with Gasteiger partial charge in [-0.15, -0.1) is 0 Å². The van der Waals surface area contributed by atoms with Crippen LogP contribution in [0.2, 0.25) is 0 Å². The molecule has 10 nitrogen and oxygen atoms in total. The van der Waals surface area contributed by atoms with Crippen LogP contribution in [0.3, 0.4) is 0 Å². The molecule has 0 radical (unpaired) electrons. The topological polar surface area (TPSA) is 115 Å². The van der Waals surface area contributed by atoms with Gasteiger partial charge in [0, 0.05) is 30.5 Å². The van der Waals surface area contributed by atoms with Gasteiger partial charge >= 0.3 is 12.0 Å². The molecule has 4 aromatic rings. The zero-order chi connectivity index (χ0) is 23.1. The average Bonchev–Trinajstić information content (AvgIpc) is 3.42. The number of aryl methyl sites for hydroxylation is 2. The number of amides is 1. The van der Waals surface area contributed by atoms with Crippen molar-refractivity contribution in [2.24, 2.45) is 5.92 Å². The van der Waals surface area contributed by atoms with Gasteiger partial charge in [-0.05, 0) is 43.2 Å². The van der Waals surface area contributed by atoms with E-state index in [9.17, 15) is 9.59 Å². The number of benzene rings is 1. The van der Waals surface area contributed by atoms with E-state index in [1.54, 1.807) is 16.8 Å². The van der Waals surface area contributed by atoms with Gasteiger partial charge < -0.3 is 19.5 Å². The van der Waals surface area contributed by atoms with Crippen LogP contribution in [0.25, 0.3) is 17.0 Å². The molecule has 1 aliphatic heterocycles. The number of hydrogen-bond acceptors (Lipinski definition) is 8. The average molecular weight is 446 g/mol. The Morgan fingerprint density at radius 2 is 2.00 bits per heavy atom. The van der Waals surface area contributed by atoms with E-state index in [0.29, 0.717) is 42.0 Å². The molecule has 168 valence electrons. The van der Waals surface area contributed by atoms with Crippen molar-refractivity contribution in [1.82, 2.24) is 19.5 Å². The molecule has 1 fully saturated rings. The lowest BCUT2D eigenvalue weighted by Crippen LogP contribution is -2.51. The minimum Gasteiger partial charge on any atom is -0.469 e. The van der Waals surface area contributed by atoms with Gasteiger partial charge in [-0.3, -0.25) is 14.0 Å². The Morgan fingerprint density at radius 1 is 1.18 bits per heavy atom. The van der Waals surface area contributed by atoms with E-state index in [-0.39, 0.29) is 17.8 Å². The number of fused-ring (bicyclic) bond motifs is 1. The number of rotatable bonds is 5. The molecule has 3 aromatic heterocycles. The van der Waals surface area contributed by atoms with Gasteiger partial charge in [0.2, 0.25) is 5.82 Å².